The minimum Gasteiger partial charge on any atom is -0.374 e. The first-order valence-electron chi connectivity index (χ1n) is 8.27. The molecule has 0 aliphatic carbocycles. The molecule has 0 saturated carbocycles. The van der Waals surface area contributed by atoms with Crippen molar-refractivity contribution in [1.29, 1.82) is 0 Å². The lowest BCUT2D eigenvalue weighted by atomic mass is 10.2. The fourth-order valence-corrected chi connectivity index (χ4v) is 2.78. The van der Waals surface area contributed by atoms with Gasteiger partial charge in [0.25, 0.3) is 0 Å². The fourth-order valence-electron chi connectivity index (χ4n) is 2.78. The highest BCUT2D eigenvalue weighted by atomic mass is 19.1. The molecule has 2 N–H and O–H groups in total. The summed E-state index contributed by atoms with van der Waals surface area (Å²) in [7, 11) is 0. The van der Waals surface area contributed by atoms with Crippen molar-refractivity contribution in [3.05, 3.63) is 54.3 Å². The summed E-state index contributed by atoms with van der Waals surface area (Å²) in [5.41, 5.74) is 1.77. The summed E-state index contributed by atoms with van der Waals surface area (Å²) in [6, 6.07) is 12.9. The molecular formula is C19H20FN3O2. The van der Waals surface area contributed by atoms with Crippen LogP contribution in [0.3, 0.4) is 0 Å². The van der Waals surface area contributed by atoms with Gasteiger partial charge in [-0.05, 0) is 49.7 Å². The first kappa shape index (κ1) is 17.0. The molecule has 0 bridgehead atoms. The van der Waals surface area contributed by atoms with E-state index in [1.54, 1.807) is 24.0 Å². The summed E-state index contributed by atoms with van der Waals surface area (Å²) in [4.78, 5) is 25.7. The van der Waals surface area contributed by atoms with Gasteiger partial charge in [-0.2, -0.15) is 0 Å². The van der Waals surface area contributed by atoms with Crippen molar-refractivity contribution < 1.29 is 14.0 Å². The van der Waals surface area contributed by atoms with Crippen molar-refractivity contribution in [3.8, 4) is 0 Å². The molecular weight excluding hydrogens is 321 g/mol. The van der Waals surface area contributed by atoms with Crippen molar-refractivity contribution in [1.82, 2.24) is 0 Å². The normalized spacial score (nSPS) is 15.1. The molecule has 1 heterocycles. The number of hydrogen-bond donors (Lipinski definition) is 2. The molecule has 0 aromatic heterocycles. The topological polar surface area (TPSA) is 61.4 Å². The molecule has 0 unspecified atom stereocenters. The molecule has 0 spiro atoms. The molecule has 1 atom stereocenters. The molecule has 25 heavy (non-hydrogen) atoms. The van der Waals surface area contributed by atoms with Gasteiger partial charge in [0.15, 0.2) is 0 Å². The van der Waals surface area contributed by atoms with Crippen LogP contribution in [0, 0.1) is 5.82 Å². The van der Waals surface area contributed by atoms with E-state index in [2.05, 4.69) is 10.6 Å². The summed E-state index contributed by atoms with van der Waals surface area (Å²) in [5, 5.41) is 5.64. The van der Waals surface area contributed by atoms with E-state index < -0.39 is 11.9 Å². The van der Waals surface area contributed by atoms with Gasteiger partial charge in [0.2, 0.25) is 11.8 Å². The lowest BCUT2D eigenvalue weighted by Gasteiger charge is -2.18. The second-order valence-corrected chi connectivity index (χ2v) is 6.03. The first-order chi connectivity index (χ1) is 12.0. The lowest BCUT2D eigenvalue weighted by molar-refractivity contribution is -0.117. The Kier molecular flexibility index (Phi) is 4.97. The summed E-state index contributed by atoms with van der Waals surface area (Å²) < 4.78 is 13.6. The Morgan fingerprint density at radius 1 is 1.16 bits per heavy atom. The summed E-state index contributed by atoms with van der Waals surface area (Å²) >= 11 is 0. The number of rotatable bonds is 5. The Bertz CT molecular complexity index is 776. The van der Waals surface area contributed by atoms with Crippen LogP contribution < -0.4 is 15.5 Å². The third-order valence-corrected chi connectivity index (χ3v) is 4.16. The number of amides is 2. The van der Waals surface area contributed by atoms with E-state index in [0.29, 0.717) is 6.42 Å². The number of nitrogens with one attached hydrogen (secondary N) is 2. The molecule has 2 aromatic carbocycles. The van der Waals surface area contributed by atoms with Crippen molar-refractivity contribution in [2.75, 3.05) is 22.1 Å². The average Bonchev–Trinajstić information content (AvgIpc) is 3.03. The number of hydrogen-bond acceptors (Lipinski definition) is 3. The Labute approximate surface area is 145 Å². The zero-order valence-electron chi connectivity index (χ0n) is 14.0. The van der Waals surface area contributed by atoms with Crippen LogP contribution in [-0.4, -0.2) is 24.4 Å². The third kappa shape index (κ3) is 3.96. The van der Waals surface area contributed by atoms with Crippen LogP contribution in [-0.2, 0) is 9.59 Å². The predicted octanol–water partition coefficient (Wildman–Crippen LogP) is 3.39. The molecule has 0 radical (unpaired) electrons. The number of carbonyl (C=O) groups excluding carboxylic acids is 2. The van der Waals surface area contributed by atoms with E-state index in [4.69, 9.17) is 0 Å². The van der Waals surface area contributed by atoms with Gasteiger partial charge in [-0.15, -0.1) is 0 Å². The zero-order chi connectivity index (χ0) is 17.8. The van der Waals surface area contributed by atoms with Gasteiger partial charge < -0.3 is 15.5 Å². The van der Waals surface area contributed by atoms with Gasteiger partial charge in [0, 0.05) is 24.3 Å². The monoisotopic (exact) mass is 341 g/mol. The van der Waals surface area contributed by atoms with Gasteiger partial charge in [0.1, 0.15) is 11.9 Å². The fraction of sp³-hybridized carbons (Fsp3) is 0.263. The predicted molar refractivity (Wildman–Crippen MR) is 96.1 cm³/mol. The minimum absolute atomic E-state index is 0.137. The van der Waals surface area contributed by atoms with Crippen molar-refractivity contribution in [2.45, 2.75) is 25.8 Å². The molecule has 3 rings (SSSR count). The number of anilines is 3. The van der Waals surface area contributed by atoms with Crippen LogP contribution in [0.1, 0.15) is 19.8 Å². The molecule has 6 heteroatoms. The zero-order valence-corrected chi connectivity index (χ0v) is 14.0. The second-order valence-electron chi connectivity index (χ2n) is 6.03. The largest absolute Gasteiger partial charge is 0.374 e. The highest BCUT2D eigenvalue weighted by Crippen LogP contribution is 2.23. The summed E-state index contributed by atoms with van der Waals surface area (Å²) in [6.07, 6.45) is 1.47. The van der Waals surface area contributed by atoms with Crippen molar-refractivity contribution in [2.24, 2.45) is 0 Å². The number of carbonyl (C=O) groups is 2. The van der Waals surface area contributed by atoms with Gasteiger partial charge in [-0.25, -0.2) is 4.39 Å². The summed E-state index contributed by atoms with van der Waals surface area (Å²) in [5.74, 6) is -0.662. The number of benzene rings is 2. The Hall–Kier alpha value is -2.89. The molecule has 1 saturated heterocycles. The third-order valence-electron chi connectivity index (χ3n) is 4.16. The quantitative estimate of drug-likeness (QED) is 0.876. The van der Waals surface area contributed by atoms with Gasteiger partial charge >= 0.3 is 0 Å². The SMILES string of the molecule is C[C@H](Nc1ccc(N2CCCC2=O)cc1)C(=O)Nc1ccccc1F. The molecule has 1 aliphatic heterocycles. The van der Waals surface area contributed by atoms with E-state index in [1.807, 2.05) is 24.3 Å². The lowest BCUT2D eigenvalue weighted by Crippen LogP contribution is -2.32. The van der Waals surface area contributed by atoms with Crippen LogP contribution in [0.15, 0.2) is 48.5 Å². The molecule has 2 aromatic rings. The molecule has 130 valence electrons. The van der Waals surface area contributed by atoms with Gasteiger partial charge in [0.05, 0.1) is 5.69 Å². The number of nitrogens with zero attached hydrogens (tertiary/aromatic N) is 1. The average molecular weight is 341 g/mol. The number of halogens is 1. The Morgan fingerprint density at radius 2 is 1.88 bits per heavy atom. The highest BCUT2D eigenvalue weighted by Gasteiger charge is 2.21. The maximum absolute atomic E-state index is 13.6. The Morgan fingerprint density at radius 3 is 2.52 bits per heavy atom. The van der Waals surface area contributed by atoms with E-state index in [1.165, 1.54) is 12.1 Å². The van der Waals surface area contributed by atoms with Crippen LogP contribution in [0.4, 0.5) is 21.5 Å². The second kappa shape index (κ2) is 7.34. The molecule has 1 aliphatic rings. The highest BCUT2D eigenvalue weighted by molar-refractivity contribution is 5.97. The van der Waals surface area contributed by atoms with Crippen LogP contribution in [0.2, 0.25) is 0 Å². The first-order valence-corrected chi connectivity index (χ1v) is 8.27. The minimum atomic E-state index is -0.543. The van der Waals surface area contributed by atoms with Crippen molar-refractivity contribution in [3.63, 3.8) is 0 Å². The van der Waals surface area contributed by atoms with Crippen LogP contribution >= 0.6 is 0 Å². The van der Waals surface area contributed by atoms with E-state index >= 15 is 0 Å². The summed E-state index contributed by atoms with van der Waals surface area (Å²) in [6.45, 7) is 2.45. The molecule has 5 nitrogen and oxygen atoms in total. The van der Waals surface area contributed by atoms with Gasteiger partial charge in [-0.3, -0.25) is 9.59 Å². The standard InChI is InChI=1S/C19H20FN3O2/c1-13(19(25)22-17-6-3-2-5-16(17)20)21-14-8-10-15(11-9-14)23-12-4-7-18(23)24/h2-3,5-6,8-11,13,21H,4,7,12H2,1H3,(H,22,25)/t13-/m0/s1. The maximum atomic E-state index is 13.6. The van der Waals surface area contributed by atoms with Crippen LogP contribution in [0.5, 0.6) is 0 Å². The van der Waals surface area contributed by atoms with Gasteiger partial charge in [-0.1, -0.05) is 12.1 Å². The maximum Gasteiger partial charge on any atom is 0.246 e. The van der Waals surface area contributed by atoms with E-state index in [-0.39, 0.29) is 17.5 Å². The van der Waals surface area contributed by atoms with Crippen LogP contribution in [0.25, 0.3) is 0 Å². The molecule has 1 fully saturated rings. The molecule has 2 amide bonds. The smallest absolute Gasteiger partial charge is 0.246 e. The van der Waals surface area contributed by atoms with Crippen molar-refractivity contribution >= 4 is 28.9 Å². The Balaban J connectivity index is 1.60. The van der Waals surface area contributed by atoms with E-state index in [0.717, 1.165) is 24.3 Å². The number of para-hydroxylation sites is 1. The van der Waals surface area contributed by atoms with E-state index in [9.17, 15) is 14.0 Å².